The molecule has 0 amide bonds. The van der Waals surface area contributed by atoms with E-state index < -0.39 is 0 Å². The van der Waals surface area contributed by atoms with Gasteiger partial charge in [0.25, 0.3) is 0 Å². The second kappa shape index (κ2) is 7.29. The lowest BCUT2D eigenvalue weighted by molar-refractivity contribution is 0.132. The minimum absolute atomic E-state index is 0.546. The maximum Gasteiger partial charge on any atom is 0.0587 e. The van der Waals surface area contributed by atoms with E-state index in [-0.39, 0.29) is 0 Å². The monoisotopic (exact) mass is 227 g/mol. The summed E-state index contributed by atoms with van der Waals surface area (Å²) < 4.78 is 5.09. The molecule has 0 bridgehead atoms. The molecule has 0 unspecified atom stereocenters. The zero-order valence-corrected chi connectivity index (χ0v) is 11.3. The third-order valence-electron chi connectivity index (χ3n) is 4.59. The topological polar surface area (TPSA) is 21.3 Å². The van der Waals surface area contributed by atoms with Crippen LogP contribution in [0.1, 0.15) is 52.4 Å². The van der Waals surface area contributed by atoms with Crippen LogP contribution in [-0.2, 0) is 4.74 Å². The summed E-state index contributed by atoms with van der Waals surface area (Å²) in [7, 11) is 1.77. The van der Waals surface area contributed by atoms with E-state index >= 15 is 0 Å². The van der Waals surface area contributed by atoms with Crippen LogP contribution in [0.5, 0.6) is 0 Å². The van der Waals surface area contributed by atoms with Crippen molar-refractivity contribution in [3.8, 4) is 0 Å². The van der Waals surface area contributed by atoms with Crippen molar-refractivity contribution in [2.24, 2.45) is 11.3 Å². The van der Waals surface area contributed by atoms with Crippen LogP contribution in [0, 0.1) is 11.3 Å². The molecule has 96 valence electrons. The number of rotatable bonds is 8. The van der Waals surface area contributed by atoms with E-state index in [1.54, 1.807) is 7.11 Å². The van der Waals surface area contributed by atoms with Crippen molar-refractivity contribution in [3.05, 3.63) is 0 Å². The highest BCUT2D eigenvalue weighted by atomic mass is 16.5. The average molecular weight is 227 g/mol. The maximum atomic E-state index is 5.09. The van der Waals surface area contributed by atoms with Crippen LogP contribution in [-0.4, -0.2) is 26.8 Å². The van der Waals surface area contributed by atoms with Crippen LogP contribution in [0.3, 0.4) is 0 Å². The van der Waals surface area contributed by atoms with Gasteiger partial charge in [-0.15, -0.1) is 0 Å². The van der Waals surface area contributed by atoms with Gasteiger partial charge in [0.1, 0.15) is 0 Å². The molecule has 16 heavy (non-hydrogen) atoms. The molecule has 2 heteroatoms. The maximum absolute atomic E-state index is 5.09. The summed E-state index contributed by atoms with van der Waals surface area (Å²) >= 11 is 0. The molecule has 0 saturated heterocycles. The van der Waals surface area contributed by atoms with E-state index in [2.05, 4.69) is 19.2 Å². The summed E-state index contributed by atoms with van der Waals surface area (Å²) in [6, 6.07) is 0. The summed E-state index contributed by atoms with van der Waals surface area (Å²) in [4.78, 5) is 0. The number of ether oxygens (including phenoxy) is 1. The molecule has 0 atom stereocenters. The van der Waals surface area contributed by atoms with Gasteiger partial charge in [-0.2, -0.15) is 0 Å². The van der Waals surface area contributed by atoms with Crippen LogP contribution < -0.4 is 5.32 Å². The Bertz CT molecular complexity index is 172. The molecule has 2 nitrogen and oxygen atoms in total. The van der Waals surface area contributed by atoms with Crippen LogP contribution in [0.25, 0.3) is 0 Å². The van der Waals surface area contributed by atoms with Gasteiger partial charge in [-0.1, -0.05) is 26.7 Å². The molecule has 1 aliphatic rings. The highest BCUT2D eigenvalue weighted by Gasteiger charge is 2.36. The second-order valence-corrected chi connectivity index (χ2v) is 5.22. The Labute approximate surface area is 101 Å². The molecule has 0 radical (unpaired) electrons. The summed E-state index contributed by atoms with van der Waals surface area (Å²) in [5, 5.41) is 3.58. The number of nitrogens with one attached hydrogen (secondary N) is 1. The van der Waals surface area contributed by atoms with Gasteiger partial charge in [-0.3, -0.25) is 0 Å². The average Bonchev–Trinajstić information content (AvgIpc) is 2.84. The Balaban J connectivity index is 2.43. The first-order valence-electron chi connectivity index (χ1n) is 6.98. The molecule has 1 N–H and O–H groups in total. The summed E-state index contributed by atoms with van der Waals surface area (Å²) in [6.45, 7) is 7.72. The highest BCUT2D eigenvalue weighted by molar-refractivity contribution is 4.89. The van der Waals surface area contributed by atoms with Gasteiger partial charge in [0.15, 0.2) is 0 Å². The number of hydrogen-bond acceptors (Lipinski definition) is 2. The molecule has 1 rings (SSSR count). The van der Waals surface area contributed by atoms with Gasteiger partial charge in [0.2, 0.25) is 0 Å². The van der Waals surface area contributed by atoms with Crippen molar-refractivity contribution in [1.82, 2.24) is 5.32 Å². The molecular weight excluding hydrogens is 198 g/mol. The first-order chi connectivity index (χ1) is 7.79. The van der Waals surface area contributed by atoms with Crippen LogP contribution in [0.2, 0.25) is 0 Å². The molecular formula is C14H29NO. The second-order valence-electron chi connectivity index (χ2n) is 5.22. The van der Waals surface area contributed by atoms with Gasteiger partial charge < -0.3 is 10.1 Å². The number of methoxy groups -OCH3 is 1. The Morgan fingerprint density at radius 3 is 2.31 bits per heavy atom. The van der Waals surface area contributed by atoms with E-state index in [1.165, 1.54) is 45.1 Å². The number of hydrogen-bond donors (Lipinski definition) is 1. The van der Waals surface area contributed by atoms with E-state index in [1.807, 2.05) is 0 Å². The zero-order valence-electron chi connectivity index (χ0n) is 11.3. The van der Waals surface area contributed by atoms with Crippen LogP contribution >= 0.6 is 0 Å². The van der Waals surface area contributed by atoms with Gasteiger partial charge in [-0.05, 0) is 37.0 Å². The molecule has 1 saturated carbocycles. The van der Waals surface area contributed by atoms with Crippen LogP contribution in [0.4, 0.5) is 0 Å². The van der Waals surface area contributed by atoms with Crippen molar-refractivity contribution in [3.63, 3.8) is 0 Å². The fraction of sp³-hybridized carbons (Fsp3) is 1.00. The Morgan fingerprint density at radius 1 is 1.19 bits per heavy atom. The first kappa shape index (κ1) is 14.0. The van der Waals surface area contributed by atoms with Gasteiger partial charge in [0, 0.05) is 20.2 Å². The minimum atomic E-state index is 0.546. The van der Waals surface area contributed by atoms with Gasteiger partial charge in [-0.25, -0.2) is 0 Å². The molecule has 0 aliphatic heterocycles. The SMILES string of the molecule is CCC(CC)(CNCCOC)C1CCCC1. The summed E-state index contributed by atoms with van der Waals surface area (Å²) in [5.74, 6) is 0.956. The van der Waals surface area contributed by atoms with Gasteiger partial charge in [0.05, 0.1) is 6.61 Å². The van der Waals surface area contributed by atoms with E-state index in [0.717, 1.165) is 19.1 Å². The fourth-order valence-electron chi connectivity index (χ4n) is 3.27. The lowest BCUT2D eigenvalue weighted by atomic mass is 9.70. The smallest absolute Gasteiger partial charge is 0.0587 e. The van der Waals surface area contributed by atoms with E-state index in [0.29, 0.717) is 5.41 Å². The Hall–Kier alpha value is -0.0800. The Morgan fingerprint density at radius 2 is 1.81 bits per heavy atom. The normalized spacial score (nSPS) is 18.2. The standard InChI is InChI=1S/C14H29NO/c1-4-14(5-2,12-15-10-11-16-3)13-8-6-7-9-13/h13,15H,4-12H2,1-3H3. The minimum Gasteiger partial charge on any atom is -0.383 e. The zero-order chi connectivity index (χ0) is 11.9. The van der Waals surface area contributed by atoms with Crippen molar-refractivity contribution >= 4 is 0 Å². The lowest BCUT2D eigenvalue weighted by Crippen LogP contribution is -2.39. The molecule has 0 aromatic carbocycles. The molecule has 1 aliphatic carbocycles. The molecule has 1 fully saturated rings. The molecule has 0 heterocycles. The largest absolute Gasteiger partial charge is 0.383 e. The third-order valence-corrected chi connectivity index (χ3v) is 4.59. The lowest BCUT2D eigenvalue weighted by Gasteiger charge is -2.38. The molecule has 0 aromatic heterocycles. The molecule has 0 spiro atoms. The predicted octanol–water partition coefficient (Wildman–Crippen LogP) is 3.22. The quantitative estimate of drug-likeness (QED) is 0.643. The summed E-state index contributed by atoms with van der Waals surface area (Å²) in [5.41, 5.74) is 0.546. The van der Waals surface area contributed by atoms with Gasteiger partial charge >= 0.3 is 0 Å². The van der Waals surface area contributed by atoms with Crippen molar-refractivity contribution in [2.75, 3.05) is 26.8 Å². The van der Waals surface area contributed by atoms with Crippen LogP contribution in [0.15, 0.2) is 0 Å². The van der Waals surface area contributed by atoms with Crippen molar-refractivity contribution < 1.29 is 4.74 Å². The molecule has 0 aromatic rings. The van der Waals surface area contributed by atoms with Crippen molar-refractivity contribution in [2.45, 2.75) is 52.4 Å². The van der Waals surface area contributed by atoms with E-state index in [4.69, 9.17) is 4.74 Å². The fourth-order valence-corrected chi connectivity index (χ4v) is 3.27. The Kier molecular flexibility index (Phi) is 6.37. The predicted molar refractivity (Wildman–Crippen MR) is 69.7 cm³/mol. The highest BCUT2D eigenvalue weighted by Crippen LogP contribution is 2.44. The summed E-state index contributed by atoms with van der Waals surface area (Å²) in [6.07, 6.45) is 8.43. The van der Waals surface area contributed by atoms with E-state index in [9.17, 15) is 0 Å². The van der Waals surface area contributed by atoms with Crippen molar-refractivity contribution in [1.29, 1.82) is 0 Å². The first-order valence-corrected chi connectivity index (χ1v) is 6.98. The third kappa shape index (κ3) is 3.46.